The highest BCUT2D eigenvalue weighted by Crippen LogP contribution is 2.27. The summed E-state index contributed by atoms with van der Waals surface area (Å²) in [5, 5.41) is 11.0. The monoisotopic (exact) mass is 290 g/mol. The number of hydrogen-bond acceptors (Lipinski definition) is 3. The fraction of sp³-hybridized carbons (Fsp3) is 0.500. The van der Waals surface area contributed by atoms with Crippen LogP contribution >= 0.6 is 0 Å². The van der Waals surface area contributed by atoms with Crippen LogP contribution in [-0.4, -0.2) is 47.6 Å². The number of amides is 1. The molecule has 0 aliphatic carbocycles. The van der Waals surface area contributed by atoms with Gasteiger partial charge in [-0.2, -0.15) is 0 Å². The van der Waals surface area contributed by atoms with E-state index >= 15 is 0 Å². The van der Waals surface area contributed by atoms with E-state index in [9.17, 15) is 9.59 Å². The molecule has 1 heterocycles. The Labute approximate surface area is 125 Å². The molecule has 5 heteroatoms. The van der Waals surface area contributed by atoms with Gasteiger partial charge in [-0.1, -0.05) is 30.3 Å². The minimum atomic E-state index is -1.01. The van der Waals surface area contributed by atoms with Gasteiger partial charge in [-0.3, -0.25) is 14.5 Å². The maximum atomic E-state index is 11.7. The highest BCUT2D eigenvalue weighted by molar-refractivity contribution is 5.82. The van der Waals surface area contributed by atoms with E-state index in [1.165, 1.54) is 5.56 Å². The summed E-state index contributed by atoms with van der Waals surface area (Å²) in [4.78, 5) is 24.3. The maximum Gasteiger partial charge on any atom is 0.322 e. The van der Waals surface area contributed by atoms with E-state index < -0.39 is 5.97 Å². The predicted molar refractivity (Wildman–Crippen MR) is 79.9 cm³/mol. The van der Waals surface area contributed by atoms with Crippen LogP contribution in [0.3, 0.4) is 0 Å². The van der Waals surface area contributed by atoms with Crippen molar-refractivity contribution in [2.24, 2.45) is 5.92 Å². The first-order valence-corrected chi connectivity index (χ1v) is 7.32. The van der Waals surface area contributed by atoms with Crippen molar-refractivity contribution in [3.05, 3.63) is 35.9 Å². The van der Waals surface area contributed by atoms with E-state index in [0.29, 0.717) is 12.0 Å². The van der Waals surface area contributed by atoms with Gasteiger partial charge in [0.25, 0.3) is 0 Å². The van der Waals surface area contributed by atoms with Crippen LogP contribution in [0.1, 0.15) is 18.9 Å². The van der Waals surface area contributed by atoms with Crippen molar-refractivity contribution >= 4 is 11.9 Å². The topological polar surface area (TPSA) is 69.6 Å². The SMILES string of the molecule is CC1C(Cc2ccccc2)CCN1CC(=O)NCC(=O)O. The van der Waals surface area contributed by atoms with Crippen LogP contribution in [0.4, 0.5) is 0 Å². The summed E-state index contributed by atoms with van der Waals surface area (Å²) >= 11 is 0. The molecule has 2 N–H and O–H groups in total. The number of carboxylic acids is 1. The number of nitrogens with zero attached hydrogens (tertiary/aromatic N) is 1. The average molecular weight is 290 g/mol. The van der Waals surface area contributed by atoms with Gasteiger partial charge >= 0.3 is 5.97 Å². The number of likely N-dealkylation sites (tertiary alicyclic amines) is 1. The lowest BCUT2D eigenvalue weighted by Crippen LogP contribution is -2.41. The summed E-state index contributed by atoms with van der Waals surface area (Å²) in [7, 11) is 0. The molecule has 0 spiro atoms. The zero-order chi connectivity index (χ0) is 15.2. The third kappa shape index (κ3) is 4.56. The van der Waals surface area contributed by atoms with E-state index in [1.54, 1.807) is 0 Å². The molecule has 2 atom stereocenters. The minimum absolute atomic E-state index is 0.218. The lowest BCUT2D eigenvalue weighted by atomic mass is 9.93. The molecule has 21 heavy (non-hydrogen) atoms. The zero-order valence-corrected chi connectivity index (χ0v) is 12.3. The molecule has 1 aliphatic heterocycles. The number of benzene rings is 1. The summed E-state index contributed by atoms with van der Waals surface area (Å²) < 4.78 is 0. The molecule has 0 radical (unpaired) electrons. The van der Waals surface area contributed by atoms with E-state index in [-0.39, 0.29) is 19.0 Å². The first-order chi connectivity index (χ1) is 10.1. The Morgan fingerprint density at radius 3 is 2.71 bits per heavy atom. The van der Waals surface area contributed by atoms with Crippen LogP contribution in [0.15, 0.2) is 30.3 Å². The van der Waals surface area contributed by atoms with Crippen molar-refractivity contribution in [3.8, 4) is 0 Å². The Hall–Kier alpha value is -1.88. The molecule has 1 saturated heterocycles. The zero-order valence-electron chi connectivity index (χ0n) is 12.3. The second-order valence-corrected chi connectivity index (χ2v) is 5.62. The summed E-state index contributed by atoms with van der Waals surface area (Å²) in [6.45, 7) is 3.00. The van der Waals surface area contributed by atoms with Crippen LogP contribution in [0.2, 0.25) is 0 Å². The molecule has 1 aromatic rings. The first-order valence-electron chi connectivity index (χ1n) is 7.32. The Bertz CT molecular complexity index is 490. The molecular weight excluding hydrogens is 268 g/mol. The van der Waals surface area contributed by atoms with E-state index in [2.05, 4.69) is 29.3 Å². The molecule has 1 aromatic carbocycles. The summed E-state index contributed by atoms with van der Waals surface area (Å²) in [5.41, 5.74) is 1.33. The smallest absolute Gasteiger partial charge is 0.322 e. The van der Waals surface area contributed by atoms with E-state index in [1.807, 2.05) is 18.2 Å². The van der Waals surface area contributed by atoms with Crippen LogP contribution in [0, 0.1) is 5.92 Å². The highest BCUT2D eigenvalue weighted by atomic mass is 16.4. The summed E-state index contributed by atoms with van der Waals surface area (Å²) in [6, 6.07) is 10.7. The van der Waals surface area contributed by atoms with Crippen LogP contribution in [0.25, 0.3) is 0 Å². The minimum Gasteiger partial charge on any atom is -0.480 e. The molecule has 0 bridgehead atoms. The highest BCUT2D eigenvalue weighted by Gasteiger charge is 2.31. The number of carbonyl (C=O) groups is 2. The largest absolute Gasteiger partial charge is 0.480 e. The van der Waals surface area contributed by atoms with E-state index in [4.69, 9.17) is 5.11 Å². The Morgan fingerprint density at radius 2 is 2.05 bits per heavy atom. The van der Waals surface area contributed by atoms with Gasteiger partial charge in [0, 0.05) is 6.04 Å². The van der Waals surface area contributed by atoms with Gasteiger partial charge in [-0.15, -0.1) is 0 Å². The number of carbonyl (C=O) groups excluding carboxylic acids is 1. The molecule has 1 amide bonds. The number of carboxylic acid groups (broad SMARTS) is 1. The van der Waals surface area contributed by atoms with Crippen molar-refractivity contribution in [1.82, 2.24) is 10.2 Å². The second-order valence-electron chi connectivity index (χ2n) is 5.62. The molecule has 1 aliphatic rings. The Kier molecular flexibility index (Phi) is 5.33. The van der Waals surface area contributed by atoms with E-state index in [0.717, 1.165) is 19.4 Å². The number of aliphatic carboxylic acids is 1. The molecular formula is C16H22N2O3. The van der Waals surface area contributed by atoms with Gasteiger partial charge < -0.3 is 10.4 Å². The van der Waals surface area contributed by atoms with Gasteiger partial charge in [0.2, 0.25) is 5.91 Å². The van der Waals surface area contributed by atoms with Crippen LogP contribution in [0.5, 0.6) is 0 Å². The third-order valence-corrected chi connectivity index (χ3v) is 4.17. The first kappa shape index (κ1) is 15.5. The normalized spacial score (nSPS) is 22.1. The molecule has 2 unspecified atom stereocenters. The molecule has 2 rings (SSSR count). The molecule has 0 saturated carbocycles. The summed E-state index contributed by atoms with van der Waals surface area (Å²) in [5.74, 6) is -0.691. The van der Waals surface area contributed by atoms with Gasteiger partial charge in [-0.25, -0.2) is 0 Å². The van der Waals surface area contributed by atoms with Gasteiger partial charge in [-0.05, 0) is 37.8 Å². The van der Waals surface area contributed by atoms with Gasteiger partial charge in [0.05, 0.1) is 6.54 Å². The lowest BCUT2D eigenvalue weighted by molar-refractivity contribution is -0.138. The van der Waals surface area contributed by atoms with Crippen molar-refractivity contribution in [3.63, 3.8) is 0 Å². The van der Waals surface area contributed by atoms with Crippen LogP contribution in [-0.2, 0) is 16.0 Å². The standard InChI is InChI=1S/C16H22N2O3/c1-12-14(9-13-5-3-2-4-6-13)7-8-18(12)11-15(19)17-10-16(20)21/h2-6,12,14H,7-11H2,1H3,(H,17,19)(H,20,21). The molecule has 0 aromatic heterocycles. The average Bonchev–Trinajstić information content (AvgIpc) is 2.79. The van der Waals surface area contributed by atoms with Crippen LogP contribution < -0.4 is 5.32 Å². The predicted octanol–water partition coefficient (Wildman–Crippen LogP) is 1.14. The van der Waals surface area contributed by atoms with Crippen molar-refractivity contribution in [2.75, 3.05) is 19.6 Å². The van der Waals surface area contributed by atoms with Gasteiger partial charge in [0.1, 0.15) is 6.54 Å². The van der Waals surface area contributed by atoms with Crippen molar-refractivity contribution < 1.29 is 14.7 Å². The molecule has 114 valence electrons. The summed E-state index contributed by atoms with van der Waals surface area (Å²) in [6.07, 6.45) is 2.09. The second kappa shape index (κ2) is 7.22. The van der Waals surface area contributed by atoms with Crippen molar-refractivity contribution in [2.45, 2.75) is 25.8 Å². The maximum absolute atomic E-state index is 11.7. The lowest BCUT2D eigenvalue weighted by Gasteiger charge is -2.24. The number of hydrogen-bond donors (Lipinski definition) is 2. The Morgan fingerprint density at radius 1 is 1.33 bits per heavy atom. The number of nitrogens with one attached hydrogen (secondary N) is 1. The molecule has 5 nitrogen and oxygen atoms in total. The van der Waals surface area contributed by atoms with Crippen molar-refractivity contribution in [1.29, 1.82) is 0 Å². The fourth-order valence-corrected chi connectivity index (χ4v) is 2.90. The quantitative estimate of drug-likeness (QED) is 0.824. The fourth-order valence-electron chi connectivity index (χ4n) is 2.90. The molecule has 1 fully saturated rings. The van der Waals surface area contributed by atoms with Gasteiger partial charge in [0.15, 0.2) is 0 Å². The Balaban J connectivity index is 1.82. The number of rotatable bonds is 6. The third-order valence-electron chi connectivity index (χ3n) is 4.17.